The monoisotopic (exact) mass is 367 g/mol. The molecule has 0 amide bonds. The van der Waals surface area contributed by atoms with Gasteiger partial charge in [-0.05, 0) is 38.2 Å². The molecule has 4 aromatic rings. The molecular formula is C20H18FN3OS. The average Bonchev–Trinajstić information content (AvgIpc) is 3.18. The number of para-hydroxylation sites is 1. The molecule has 0 bridgehead atoms. The second-order valence-corrected chi connectivity index (χ2v) is 7.36. The minimum absolute atomic E-state index is 0.323. The first-order valence-corrected chi connectivity index (χ1v) is 9.16. The second-order valence-electron chi connectivity index (χ2n) is 6.25. The SMILES string of the molecule is Cc1oc(-c2ccccc2F)nc1CN(C)Cc1nc2ccccc2s1. The zero-order valence-electron chi connectivity index (χ0n) is 14.6. The molecule has 132 valence electrons. The van der Waals surface area contributed by atoms with Gasteiger partial charge in [0.05, 0.1) is 28.0 Å². The van der Waals surface area contributed by atoms with Crippen LogP contribution >= 0.6 is 11.3 Å². The standard InChI is InChI=1S/C20H18FN3OS/c1-13-17(23-20(25-13)14-7-3-4-8-15(14)21)11-24(2)12-19-22-16-9-5-6-10-18(16)26-19/h3-10H,11-12H2,1-2H3. The number of halogens is 1. The van der Waals surface area contributed by atoms with Crippen LogP contribution in [0.3, 0.4) is 0 Å². The lowest BCUT2D eigenvalue weighted by molar-refractivity contribution is 0.313. The average molecular weight is 367 g/mol. The van der Waals surface area contributed by atoms with Gasteiger partial charge in [-0.3, -0.25) is 4.90 Å². The van der Waals surface area contributed by atoms with Crippen LogP contribution < -0.4 is 0 Å². The highest BCUT2D eigenvalue weighted by atomic mass is 32.1. The van der Waals surface area contributed by atoms with Crippen LogP contribution in [0.4, 0.5) is 4.39 Å². The van der Waals surface area contributed by atoms with Crippen molar-refractivity contribution in [1.82, 2.24) is 14.9 Å². The molecule has 2 aromatic carbocycles. The maximum atomic E-state index is 14.0. The minimum atomic E-state index is -0.330. The van der Waals surface area contributed by atoms with Crippen LogP contribution in [-0.4, -0.2) is 21.9 Å². The van der Waals surface area contributed by atoms with E-state index < -0.39 is 0 Å². The highest BCUT2D eigenvalue weighted by molar-refractivity contribution is 7.18. The summed E-state index contributed by atoms with van der Waals surface area (Å²) >= 11 is 1.70. The first-order chi connectivity index (χ1) is 12.6. The van der Waals surface area contributed by atoms with Gasteiger partial charge in [-0.1, -0.05) is 24.3 Å². The Morgan fingerprint density at radius 1 is 1.04 bits per heavy atom. The lowest BCUT2D eigenvalue weighted by atomic mass is 10.2. The zero-order chi connectivity index (χ0) is 18.1. The van der Waals surface area contributed by atoms with Gasteiger partial charge in [0.2, 0.25) is 5.89 Å². The maximum absolute atomic E-state index is 14.0. The van der Waals surface area contributed by atoms with Gasteiger partial charge in [0, 0.05) is 6.54 Å². The predicted octanol–water partition coefficient (Wildman–Crippen LogP) is 5.03. The lowest BCUT2D eigenvalue weighted by Crippen LogP contribution is -2.17. The van der Waals surface area contributed by atoms with E-state index in [0.717, 1.165) is 22.8 Å². The lowest BCUT2D eigenvalue weighted by Gasteiger charge is -2.13. The molecule has 2 aromatic heterocycles. The fraction of sp³-hybridized carbons (Fsp3) is 0.200. The second kappa shape index (κ2) is 6.97. The van der Waals surface area contributed by atoms with Crippen molar-refractivity contribution in [3.63, 3.8) is 0 Å². The molecule has 4 rings (SSSR count). The third kappa shape index (κ3) is 3.38. The van der Waals surface area contributed by atoms with Gasteiger partial charge in [0.1, 0.15) is 16.6 Å². The molecule has 0 N–H and O–H groups in total. The molecule has 4 nitrogen and oxygen atoms in total. The van der Waals surface area contributed by atoms with E-state index in [9.17, 15) is 4.39 Å². The highest BCUT2D eigenvalue weighted by Gasteiger charge is 2.16. The molecular weight excluding hydrogens is 349 g/mol. The third-order valence-electron chi connectivity index (χ3n) is 4.16. The van der Waals surface area contributed by atoms with Crippen LogP contribution in [0.5, 0.6) is 0 Å². The molecule has 0 aliphatic rings. The Morgan fingerprint density at radius 3 is 2.62 bits per heavy atom. The smallest absolute Gasteiger partial charge is 0.229 e. The van der Waals surface area contributed by atoms with Gasteiger partial charge in [0.15, 0.2) is 0 Å². The molecule has 0 unspecified atom stereocenters. The fourth-order valence-electron chi connectivity index (χ4n) is 2.85. The summed E-state index contributed by atoms with van der Waals surface area (Å²) in [6.45, 7) is 3.19. The molecule has 0 saturated heterocycles. The predicted molar refractivity (Wildman–Crippen MR) is 101 cm³/mol. The van der Waals surface area contributed by atoms with Gasteiger partial charge >= 0.3 is 0 Å². The van der Waals surface area contributed by atoms with E-state index >= 15 is 0 Å². The van der Waals surface area contributed by atoms with Crippen molar-refractivity contribution < 1.29 is 8.81 Å². The summed E-state index contributed by atoms with van der Waals surface area (Å²) in [6, 6.07) is 14.6. The molecule has 26 heavy (non-hydrogen) atoms. The molecule has 0 atom stereocenters. The number of hydrogen-bond donors (Lipinski definition) is 0. The van der Waals surface area contributed by atoms with Crippen LogP contribution in [0.1, 0.15) is 16.5 Å². The number of rotatable bonds is 5. The zero-order valence-corrected chi connectivity index (χ0v) is 15.4. The summed E-state index contributed by atoms with van der Waals surface area (Å²) in [5.41, 5.74) is 2.22. The number of hydrogen-bond acceptors (Lipinski definition) is 5. The van der Waals surface area contributed by atoms with Crippen molar-refractivity contribution in [2.75, 3.05) is 7.05 Å². The van der Waals surface area contributed by atoms with Gasteiger partial charge in [-0.2, -0.15) is 0 Å². The molecule has 0 radical (unpaired) electrons. The Labute approximate surface area is 154 Å². The number of benzene rings is 2. The largest absolute Gasteiger partial charge is 0.441 e. The van der Waals surface area contributed by atoms with Gasteiger partial charge in [-0.25, -0.2) is 14.4 Å². The van der Waals surface area contributed by atoms with Crippen molar-refractivity contribution in [3.8, 4) is 11.5 Å². The molecule has 0 aliphatic heterocycles. The summed E-state index contributed by atoms with van der Waals surface area (Å²) in [6.07, 6.45) is 0. The summed E-state index contributed by atoms with van der Waals surface area (Å²) in [4.78, 5) is 11.3. The van der Waals surface area contributed by atoms with E-state index in [1.807, 2.05) is 32.2 Å². The Balaban J connectivity index is 1.51. The molecule has 6 heteroatoms. The Bertz CT molecular complexity index is 1020. The maximum Gasteiger partial charge on any atom is 0.229 e. The van der Waals surface area contributed by atoms with Crippen LogP contribution in [0.15, 0.2) is 52.9 Å². The van der Waals surface area contributed by atoms with Gasteiger partial charge in [0.25, 0.3) is 0 Å². The molecule has 0 saturated carbocycles. The molecule has 0 aliphatic carbocycles. The topological polar surface area (TPSA) is 42.2 Å². The van der Waals surface area contributed by atoms with Crippen molar-refractivity contribution in [1.29, 1.82) is 0 Å². The number of aromatic nitrogens is 2. The number of nitrogens with zero attached hydrogens (tertiary/aromatic N) is 3. The first kappa shape index (κ1) is 16.9. The van der Waals surface area contributed by atoms with Crippen molar-refractivity contribution in [2.45, 2.75) is 20.0 Å². The summed E-state index contributed by atoms with van der Waals surface area (Å²) in [5, 5.41) is 1.06. The van der Waals surface area contributed by atoms with E-state index in [1.165, 1.54) is 10.8 Å². The van der Waals surface area contributed by atoms with Crippen LogP contribution in [0, 0.1) is 12.7 Å². The normalized spacial score (nSPS) is 11.5. The van der Waals surface area contributed by atoms with Gasteiger partial charge in [-0.15, -0.1) is 11.3 Å². The molecule has 0 spiro atoms. The molecule has 2 heterocycles. The molecule has 0 fully saturated rings. The van der Waals surface area contributed by atoms with Crippen molar-refractivity contribution >= 4 is 21.6 Å². The van der Waals surface area contributed by atoms with Gasteiger partial charge < -0.3 is 4.42 Å². The van der Waals surface area contributed by atoms with Crippen LogP contribution in [0.25, 0.3) is 21.7 Å². The van der Waals surface area contributed by atoms with Crippen molar-refractivity contribution in [2.24, 2.45) is 0 Å². The number of oxazole rings is 1. The minimum Gasteiger partial charge on any atom is -0.441 e. The van der Waals surface area contributed by atoms with E-state index in [1.54, 1.807) is 29.5 Å². The van der Waals surface area contributed by atoms with E-state index in [4.69, 9.17) is 4.42 Å². The number of aryl methyl sites for hydroxylation is 1. The summed E-state index contributed by atoms with van der Waals surface area (Å²) in [5.74, 6) is 0.700. The quantitative estimate of drug-likeness (QED) is 0.496. The Hall–Kier alpha value is -2.57. The number of fused-ring (bicyclic) bond motifs is 1. The van der Waals surface area contributed by atoms with E-state index in [-0.39, 0.29) is 5.82 Å². The summed E-state index contributed by atoms with van der Waals surface area (Å²) in [7, 11) is 2.02. The number of thiazole rings is 1. The van der Waals surface area contributed by atoms with Crippen LogP contribution in [-0.2, 0) is 13.1 Å². The van der Waals surface area contributed by atoms with E-state index in [2.05, 4.69) is 20.9 Å². The summed E-state index contributed by atoms with van der Waals surface area (Å²) < 4.78 is 20.8. The fourth-order valence-corrected chi connectivity index (χ4v) is 3.90. The van der Waals surface area contributed by atoms with E-state index in [0.29, 0.717) is 23.8 Å². The Morgan fingerprint density at radius 2 is 1.81 bits per heavy atom. The Kier molecular flexibility index (Phi) is 4.53. The van der Waals surface area contributed by atoms with Crippen LogP contribution in [0.2, 0.25) is 0 Å². The third-order valence-corrected chi connectivity index (χ3v) is 5.18. The first-order valence-electron chi connectivity index (χ1n) is 8.34. The highest BCUT2D eigenvalue weighted by Crippen LogP contribution is 2.26. The van der Waals surface area contributed by atoms with Crippen molar-refractivity contribution in [3.05, 3.63) is 70.8 Å².